The molecule has 0 aliphatic carbocycles. The molecule has 8 nitrogen and oxygen atoms in total. The molecule has 35 heavy (non-hydrogen) atoms. The molecule has 1 aliphatic rings. The third-order valence-corrected chi connectivity index (χ3v) is 6.42. The van der Waals surface area contributed by atoms with Gasteiger partial charge < -0.3 is 29.2 Å². The molecule has 2 atom stereocenters. The molecule has 0 radical (unpaired) electrons. The number of amides is 2. The van der Waals surface area contributed by atoms with E-state index < -0.39 is 5.92 Å². The molecule has 1 heterocycles. The number of nitrogens with one attached hydrogen (secondary N) is 1. The van der Waals surface area contributed by atoms with Gasteiger partial charge in [0.25, 0.3) is 5.91 Å². The summed E-state index contributed by atoms with van der Waals surface area (Å²) in [5.74, 6) is 1.86. The molecule has 1 N–H and O–H groups in total. The van der Waals surface area contributed by atoms with Crippen molar-refractivity contribution in [2.75, 3.05) is 48.1 Å². The van der Waals surface area contributed by atoms with Crippen LogP contribution in [-0.4, -0.2) is 64.8 Å². The summed E-state index contributed by atoms with van der Waals surface area (Å²) in [6.45, 7) is 5.55. The van der Waals surface area contributed by atoms with E-state index in [0.29, 0.717) is 54.1 Å². The first kappa shape index (κ1) is 26.2. The fourth-order valence-electron chi connectivity index (χ4n) is 4.42. The Morgan fingerprint density at radius 2 is 1.57 bits per heavy atom. The summed E-state index contributed by atoms with van der Waals surface area (Å²) >= 11 is 0. The van der Waals surface area contributed by atoms with Gasteiger partial charge in [-0.15, -0.1) is 0 Å². The van der Waals surface area contributed by atoms with Crippen LogP contribution in [0.5, 0.6) is 23.0 Å². The fourth-order valence-corrected chi connectivity index (χ4v) is 4.42. The first-order valence-electron chi connectivity index (χ1n) is 11.8. The van der Waals surface area contributed by atoms with Gasteiger partial charge in [0.15, 0.2) is 11.5 Å². The van der Waals surface area contributed by atoms with E-state index in [-0.39, 0.29) is 17.7 Å². The quantitative estimate of drug-likeness (QED) is 0.553. The van der Waals surface area contributed by atoms with Crippen LogP contribution in [0.2, 0.25) is 0 Å². The van der Waals surface area contributed by atoms with Crippen molar-refractivity contribution in [3.63, 3.8) is 0 Å². The number of benzene rings is 2. The second kappa shape index (κ2) is 11.8. The van der Waals surface area contributed by atoms with Gasteiger partial charge in [-0.2, -0.15) is 0 Å². The van der Waals surface area contributed by atoms with Gasteiger partial charge in [0.05, 0.1) is 34.4 Å². The fraction of sp³-hybridized carbons (Fsp3) is 0.481. The van der Waals surface area contributed by atoms with Gasteiger partial charge >= 0.3 is 0 Å². The Bertz CT molecular complexity index is 996. The summed E-state index contributed by atoms with van der Waals surface area (Å²) in [6, 6.07) is 10.7. The van der Waals surface area contributed by atoms with E-state index in [4.69, 9.17) is 18.9 Å². The van der Waals surface area contributed by atoms with Crippen molar-refractivity contribution >= 4 is 11.8 Å². The maximum Gasteiger partial charge on any atom is 0.253 e. The summed E-state index contributed by atoms with van der Waals surface area (Å²) in [6.07, 6.45) is 0.891. The van der Waals surface area contributed by atoms with E-state index in [1.54, 1.807) is 57.6 Å². The van der Waals surface area contributed by atoms with Gasteiger partial charge in [-0.05, 0) is 54.3 Å². The minimum Gasteiger partial charge on any atom is -0.497 e. The number of carbonyl (C=O) groups excluding carboxylic acids is 2. The Balaban J connectivity index is 1.92. The van der Waals surface area contributed by atoms with Crippen LogP contribution < -0.4 is 24.3 Å². The number of methoxy groups -OCH3 is 4. The molecule has 2 amide bonds. The van der Waals surface area contributed by atoms with Gasteiger partial charge in [0.2, 0.25) is 11.7 Å². The molecule has 2 aromatic rings. The van der Waals surface area contributed by atoms with E-state index in [1.165, 1.54) is 0 Å². The second-order valence-electron chi connectivity index (χ2n) is 9.08. The Labute approximate surface area is 207 Å². The van der Waals surface area contributed by atoms with Crippen LogP contribution in [0.25, 0.3) is 0 Å². The molecule has 0 unspecified atom stereocenters. The molecular formula is C27H36N2O6. The number of carbonyl (C=O) groups is 2. The van der Waals surface area contributed by atoms with Gasteiger partial charge in [-0.1, -0.05) is 13.8 Å². The molecule has 1 saturated heterocycles. The monoisotopic (exact) mass is 484 g/mol. The zero-order chi connectivity index (χ0) is 25.5. The van der Waals surface area contributed by atoms with E-state index in [0.717, 1.165) is 12.0 Å². The highest BCUT2D eigenvalue weighted by Crippen LogP contribution is 2.43. The van der Waals surface area contributed by atoms with Crippen LogP contribution in [0.3, 0.4) is 0 Å². The topological polar surface area (TPSA) is 86.3 Å². The van der Waals surface area contributed by atoms with Crippen LogP contribution in [-0.2, 0) is 4.79 Å². The summed E-state index contributed by atoms with van der Waals surface area (Å²) in [4.78, 5) is 28.3. The van der Waals surface area contributed by atoms with Crippen LogP contribution in [0.1, 0.15) is 42.1 Å². The highest BCUT2D eigenvalue weighted by molar-refractivity contribution is 5.95. The number of likely N-dealkylation sites (tertiary alicyclic amines) is 1. The predicted molar refractivity (Wildman–Crippen MR) is 134 cm³/mol. The molecule has 1 aliphatic heterocycles. The van der Waals surface area contributed by atoms with Crippen molar-refractivity contribution in [3.8, 4) is 23.0 Å². The number of rotatable bonds is 10. The maximum atomic E-state index is 13.3. The lowest BCUT2D eigenvalue weighted by Gasteiger charge is -2.21. The van der Waals surface area contributed by atoms with Gasteiger partial charge in [0.1, 0.15) is 5.75 Å². The van der Waals surface area contributed by atoms with Crippen molar-refractivity contribution in [2.45, 2.75) is 26.2 Å². The third-order valence-electron chi connectivity index (χ3n) is 6.42. The highest BCUT2D eigenvalue weighted by Gasteiger charge is 2.41. The molecule has 190 valence electrons. The molecule has 0 saturated carbocycles. The van der Waals surface area contributed by atoms with E-state index >= 15 is 0 Å². The molecular weight excluding hydrogens is 448 g/mol. The minimum absolute atomic E-state index is 0.0607. The maximum absolute atomic E-state index is 13.3. The van der Waals surface area contributed by atoms with Crippen molar-refractivity contribution in [1.29, 1.82) is 0 Å². The normalized spacial score (nSPS) is 17.3. The molecule has 1 fully saturated rings. The van der Waals surface area contributed by atoms with E-state index in [1.807, 2.05) is 12.1 Å². The van der Waals surface area contributed by atoms with Crippen molar-refractivity contribution < 1.29 is 28.5 Å². The molecule has 8 heteroatoms. The lowest BCUT2D eigenvalue weighted by molar-refractivity contribution is -0.124. The average Bonchev–Trinajstić information content (AvgIpc) is 3.32. The largest absolute Gasteiger partial charge is 0.497 e. The highest BCUT2D eigenvalue weighted by atomic mass is 16.5. The Morgan fingerprint density at radius 3 is 2.09 bits per heavy atom. The summed E-state index contributed by atoms with van der Waals surface area (Å²) in [5, 5.41) is 3.07. The van der Waals surface area contributed by atoms with Crippen molar-refractivity contribution in [3.05, 3.63) is 47.5 Å². The summed E-state index contributed by atoms with van der Waals surface area (Å²) in [7, 11) is 6.26. The first-order chi connectivity index (χ1) is 16.8. The lowest BCUT2D eigenvalue weighted by atomic mass is 9.87. The predicted octanol–water partition coefficient (Wildman–Crippen LogP) is 3.74. The summed E-state index contributed by atoms with van der Waals surface area (Å²) in [5.41, 5.74) is 1.41. The van der Waals surface area contributed by atoms with E-state index in [9.17, 15) is 9.59 Å². The molecule has 0 bridgehead atoms. The van der Waals surface area contributed by atoms with Crippen molar-refractivity contribution in [2.24, 2.45) is 11.8 Å². The van der Waals surface area contributed by atoms with Gasteiger partial charge in [0, 0.05) is 31.1 Å². The number of hydrogen-bond donors (Lipinski definition) is 1. The van der Waals surface area contributed by atoms with Gasteiger partial charge in [-0.3, -0.25) is 9.59 Å². The Kier molecular flexibility index (Phi) is 8.84. The second-order valence-corrected chi connectivity index (χ2v) is 9.08. The number of ether oxygens (including phenoxy) is 4. The lowest BCUT2D eigenvalue weighted by Crippen LogP contribution is -2.36. The first-order valence-corrected chi connectivity index (χ1v) is 11.8. The Morgan fingerprint density at radius 1 is 0.943 bits per heavy atom. The number of hydrogen-bond acceptors (Lipinski definition) is 6. The third kappa shape index (κ3) is 5.99. The zero-order valence-electron chi connectivity index (χ0n) is 21.4. The smallest absolute Gasteiger partial charge is 0.253 e. The van der Waals surface area contributed by atoms with E-state index in [2.05, 4.69) is 19.2 Å². The van der Waals surface area contributed by atoms with Gasteiger partial charge in [-0.25, -0.2) is 0 Å². The van der Waals surface area contributed by atoms with Crippen LogP contribution in [0, 0.1) is 11.8 Å². The zero-order valence-corrected chi connectivity index (χ0v) is 21.4. The van der Waals surface area contributed by atoms with Crippen LogP contribution >= 0.6 is 0 Å². The standard InChI is InChI=1S/C27H36N2O6/c1-17(2)11-12-28-26(30)22-16-29(27(31)18-7-9-20(32-3)10-8-18)15-21(22)19-13-23(33-4)25(35-6)24(14-19)34-5/h7-10,13-14,17,21-22H,11-12,15-16H2,1-6H3,(H,28,30)/t21-,22+/m0/s1. The van der Waals surface area contributed by atoms with Crippen LogP contribution in [0.4, 0.5) is 0 Å². The average molecular weight is 485 g/mol. The Hall–Kier alpha value is -3.42. The minimum atomic E-state index is -0.410. The molecule has 0 spiro atoms. The summed E-state index contributed by atoms with van der Waals surface area (Å²) < 4.78 is 21.7. The molecule has 0 aromatic heterocycles. The van der Waals surface area contributed by atoms with Crippen LogP contribution in [0.15, 0.2) is 36.4 Å². The molecule has 3 rings (SSSR count). The molecule has 2 aromatic carbocycles. The SMILES string of the molecule is COc1ccc(C(=O)N2C[C@@H](C(=O)NCCC(C)C)[C@H](c3cc(OC)c(OC)c(OC)c3)C2)cc1. The van der Waals surface area contributed by atoms with Crippen molar-refractivity contribution in [1.82, 2.24) is 10.2 Å². The number of nitrogens with zero attached hydrogens (tertiary/aromatic N) is 1.